The summed E-state index contributed by atoms with van der Waals surface area (Å²) >= 11 is 6.27. The number of anilines is 2. The zero-order valence-electron chi connectivity index (χ0n) is 44.6. The summed E-state index contributed by atoms with van der Waals surface area (Å²) in [6, 6.07) is 15.6. The minimum atomic E-state index is -0.575. The fraction of sp³-hybridized carbons (Fsp3) is 0.481. The van der Waals surface area contributed by atoms with Crippen LogP contribution in [-0.4, -0.2) is 114 Å². The highest BCUT2D eigenvalue weighted by Crippen LogP contribution is 2.52. The number of thiazole rings is 2. The Labute approximate surface area is 451 Å². The lowest BCUT2D eigenvalue weighted by Crippen LogP contribution is -2.46. The molecule has 0 aliphatic carbocycles. The summed E-state index contributed by atoms with van der Waals surface area (Å²) in [7, 11) is 3.29. The van der Waals surface area contributed by atoms with Gasteiger partial charge in [-0.15, -0.1) is 45.3 Å². The van der Waals surface area contributed by atoms with Gasteiger partial charge in [0.1, 0.15) is 31.2 Å². The third-order valence-electron chi connectivity index (χ3n) is 11.9. The monoisotopic (exact) mass is 1090 g/mol. The van der Waals surface area contributed by atoms with E-state index in [9.17, 15) is 19.2 Å². The zero-order chi connectivity index (χ0) is 54.1. The highest BCUT2D eigenvalue weighted by Gasteiger charge is 2.41. The predicted molar refractivity (Wildman–Crippen MR) is 303 cm³/mol. The summed E-state index contributed by atoms with van der Waals surface area (Å²) in [6.45, 7) is 26.1. The molecule has 400 valence electrons. The van der Waals surface area contributed by atoms with Gasteiger partial charge in [-0.05, 0) is 124 Å². The van der Waals surface area contributed by atoms with Crippen molar-refractivity contribution in [1.82, 2.24) is 25.1 Å². The van der Waals surface area contributed by atoms with Crippen LogP contribution in [0.15, 0.2) is 61.2 Å². The largest absolute Gasteiger partial charge is 0.444 e. The predicted octanol–water partition coefficient (Wildman–Crippen LogP) is 11.8. The molecule has 8 rings (SSSR count). The summed E-state index contributed by atoms with van der Waals surface area (Å²) in [5, 5.41) is 12.6. The van der Waals surface area contributed by atoms with E-state index in [1.54, 1.807) is 41.8 Å². The fourth-order valence-corrected chi connectivity index (χ4v) is 13.5. The molecule has 0 saturated heterocycles. The maximum absolute atomic E-state index is 13.1. The van der Waals surface area contributed by atoms with Crippen molar-refractivity contribution in [1.29, 1.82) is 0 Å². The Morgan fingerprint density at radius 2 is 1.14 bits per heavy atom. The van der Waals surface area contributed by atoms with Crippen molar-refractivity contribution in [2.24, 2.45) is 5.73 Å². The zero-order valence-corrected chi connectivity index (χ0v) is 47.9. The number of carbonyl (C=O) groups excluding carboxylic acids is 4. The number of rotatable bonds is 13. The molecule has 5 N–H and O–H groups in total. The lowest BCUT2D eigenvalue weighted by Gasteiger charge is -2.39. The number of hydrogen-bond donors (Lipinski definition) is 4. The molecule has 16 nitrogen and oxygen atoms in total. The molecule has 0 bridgehead atoms. The number of methoxy groups -OCH3 is 2. The van der Waals surface area contributed by atoms with Gasteiger partial charge in [0.05, 0.1) is 45.7 Å². The van der Waals surface area contributed by atoms with Crippen LogP contribution >= 0.6 is 45.3 Å². The molecular weight excluding hydrogens is 1020 g/mol. The molecule has 2 aliphatic heterocycles. The second-order valence-electron chi connectivity index (χ2n) is 20.0. The second-order valence-corrected chi connectivity index (χ2v) is 24.2. The molecule has 4 aromatic heterocycles. The Bertz CT molecular complexity index is 2840. The topological polar surface area (TPSA) is 200 Å². The van der Waals surface area contributed by atoms with Gasteiger partial charge >= 0.3 is 12.2 Å². The van der Waals surface area contributed by atoms with E-state index in [2.05, 4.69) is 33.3 Å². The number of hydrogen-bond acceptors (Lipinski definition) is 16. The van der Waals surface area contributed by atoms with Crippen LogP contribution in [0, 0.1) is 0 Å². The van der Waals surface area contributed by atoms with Gasteiger partial charge in [0.25, 0.3) is 0 Å². The Hall–Kier alpha value is -5.32. The molecule has 4 atom stereocenters. The highest BCUT2D eigenvalue weighted by atomic mass is 32.1. The van der Waals surface area contributed by atoms with Crippen LogP contribution in [0.1, 0.15) is 109 Å². The first-order chi connectivity index (χ1) is 35.1. The lowest BCUT2D eigenvalue weighted by molar-refractivity contribution is -0.116. The number of carbonyl (C=O) groups is 4. The van der Waals surface area contributed by atoms with Crippen molar-refractivity contribution in [2.45, 2.75) is 124 Å². The van der Waals surface area contributed by atoms with E-state index < -0.39 is 11.2 Å². The number of nitrogens with one attached hydrogen (secondary N) is 3. The van der Waals surface area contributed by atoms with Gasteiger partial charge in [-0.2, -0.15) is 0 Å². The standard InChI is InChI=1S/C27H36N4O4S2.C24H27N3O3S2.C3H9NO/c1-16-15-18-22(24-29-19-9-7-8-10-20(19)36-24)25(30-21(32)11-12-28-13-14-34-6)37-23(18)17(2)31(16)26(33)35-27(3,4)5;1-7-18(28)26-22-19(21-25-16-10-8-9-11-17(16)31-21)15-12-13(2)27(14(3)20(15)32-22)23(29)30-24(4,5)6;1-5-3-2-4/h7-10,16-17,28H,11-15H2,1-6H3,(H,30,32);7-11,13-14H,1,12H2,2-6H3,(H,26,28);2-4H2,1H3. The number of benzene rings is 2. The highest BCUT2D eigenvalue weighted by molar-refractivity contribution is 7.23. The third-order valence-corrected chi connectivity index (χ3v) is 16.6. The van der Waals surface area contributed by atoms with E-state index in [-0.39, 0.29) is 48.2 Å². The van der Waals surface area contributed by atoms with Gasteiger partial charge in [0.15, 0.2) is 0 Å². The van der Waals surface area contributed by atoms with E-state index in [4.69, 9.17) is 29.9 Å². The molecule has 2 aliphatic rings. The van der Waals surface area contributed by atoms with Crippen LogP contribution in [0.3, 0.4) is 0 Å². The number of para-hydroxylation sites is 2. The van der Waals surface area contributed by atoms with Crippen LogP contribution in [0.25, 0.3) is 41.6 Å². The van der Waals surface area contributed by atoms with E-state index in [0.717, 1.165) is 72.5 Å². The van der Waals surface area contributed by atoms with Crippen molar-refractivity contribution < 1.29 is 38.1 Å². The van der Waals surface area contributed by atoms with Crippen LogP contribution < -0.4 is 21.7 Å². The van der Waals surface area contributed by atoms with E-state index in [0.29, 0.717) is 52.1 Å². The molecule has 6 heterocycles. The van der Waals surface area contributed by atoms with Gasteiger partial charge in [0, 0.05) is 73.2 Å². The maximum atomic E-state index is 13.1. The minimum Gasteiger partial charge on any atom is -0.444 e. The molecule has 0 spiro atoms. The SMILES string of the molecule is C=CC(=O)Nc1sc2c(c1-c1nc3ccccc3s1)CC(C)N(C(=O)OC(C)(C)C)C2C.COCCN.COCCNCCC(=O)Nc1sc2c(c1-c1nc3ccccc3s1)CC(C)N(C(=O)OC(C)(C)C)C2C. The number of ether oxygens (including phenoxy) is 4. The van der Waals surface area contributed by atoms with Crippen molar-refractivity contribution in [3.63, 3.8) is 0 Å². The number of thiophene rings is 2. The first-order valence-corrected chi connectivity index (χ1v) is 28.0. The number of nitrogens with two attached hydrogens (primary N) is 1. The van der Waals surface area contributed by atoms with Crippen LogP contribution in [0.2, 0.25) is 0 Å². The van der Waals surface area contributed by atoms with Crippen LogP contribution in [0.4, 0.5) is 19.6 Å². The van der Waals surface area contributed by atoms with Gasteiger partial charge < -0.3 is 40.6 Å². The molecule has 6 aromatic rings. The average molecular weight is 1090 g/mol. The summed E-state index contributed by atoms with van der Waals surface area (Å²) in [5.41, 5.74) is 9.95. The van der Waals surface area contributed by atoms with Gasteiger partial charge in [-0.25, -0.2) is 19.6 Å². The molecule has 4 unspecified atom stereocenters. The Morgan fingerprint density at radius 1 is 0.689 bits per heavy atom. The first kappa shape index (κ1) is 57.9. The Kier molecular flexibility index (Phi) is 20.0. The number of nitrogens with zero attached hydrogens (tertiary/aromatic N) is 4. The fourth-order valence-electron chi connectivity index (χ4n) is 8.71. The quantitative estimate of drug-likeness (QED) is 0.0631. The number of aromatic nitrogens is 2. The summed E-state index contributed by atoms with van der Waals surface area (Å²) in [6.07, 6.45) is 2.29. The number of fused-ring (bicyclic) bond motifs is 4. The van der Waals surface area contributed by atoms with Crippen LogP contribution in [0.5, 0.6) is 0 Å². The molecule has 4 amide bonds. The Balaban J connectivity index is 0.000000223. The molecule has 0 fully saturated rings. The molecule has 20 heteroatoms. The van der Waals surface area contributed by atoms with Crippen molar-refractivity contribution in [3.05, 3.63) is 82.1 Å². The normalized spacial score (nSPS) is 17.3. The van der Waals surface area contributed by atoms with Crippen molar-refractivity contribution in [3.8, 4) is 21.1 Å². The molecule has 2 aromatic carbocycles. The Morgan fingerprint density at radius 3 is 1.53 bits per heavy atom. The summed E-state index contributed by atoms with van der Waals surface area (Å²) in [4.78, 5) is 66.7. The van der Waals surface area contributed by atoms with E-state index >= 15 is 0 Å². The summed E-state index contributed by atoms with van der Waals surface area (Å²) < 4.78 is 23.2. The van der Waals surface area contributed by atoms with Gasteiger partial charge in [-0.1, -0.05) is 30.8 Å². The second kappa shape index (κ2) is 25.5. The average Bonchev–Trinajstić information content (AvgIpc) is 4.11. The first-order valence-electron chi connectivity index (χ1n) is 24.8. The molecule has 0 radical (unpaired) electrons. The van der Waals surface area contributed by atoms with Gasteiger partial charge in [0.2, 0.25) is 11.8 Å². The maximum Gasteiger partial charge on any atom is 0.411 e. The van der Waals surface area contributed by atoms with E-state index in [1.165, 1.54) is 28.7 Å². The molecular formula is C54H72N8O8S4. The third kappa shape index (κ3) is 14.3. The van der Waals surface area contributed by atoms with Crippen molar-refractivity contribution >= 4 is 99.8 Å². The molecule has 74 heavy (non-hydrogen) atoms. The minimum absolute atomic E-state index is 0.0574. The van der Waals surface area contributed by atoms with Crippen LogP contribution in [-0.2, 0) is 41.4 Å². The van der Waals surface area contributed by atoms with Crippen molar-refractivity contribution in [2.75, 3.05) is 57.7 Å². The number of amides is 4. The smallest absolute Gasteiger partial charge is 0.411 e. The summed E-state index contributed by atoms with van der Waals surface area (Å²) in [5.74, 6) is -0.328. The van der Waals surface area contributed by atoms with E-state index in [1.807, 2.05) is 117 Å². The molecule has 0 saturated carbocycles. The lowest BCUT2D eigenvalue weighted by atomic mass is 9.93. The van der Waals surface area contributed by atoms with Gasteiger partial charge in [-0.3, -0.25) is 19.4 Å².